The first-order valence-corrected chi connectivity index (χ1v) is 3.98. The quantitative estimate of drug-likeness (QED) is 0.548. The number of hydrogen-bond acceptors (Lipinski definition) is 2. The summed E-state index contributed by atoms with van der Waals surface area (Å²) in [5, 5.41) is 0. The van der Waals surface area contributed by atoms with E-state index in [9.17, 15) is 13.6 Å². The number of carbonyl (C=O) groups excluding carboxylic acids is 1. The van der Waals surface area contributed by atoms with E-state index in [1.165, 1.54) is 6.92 Å². The van der Waals surface area contributed by atoms with Gasteiger partial charge in [0.2, 0.25) is 0 Å². The smallest absolute Gasteiger partial charge is 0.388 e. The first-order valence-electron chi connectivity index (χ1n) is 2.85. The maximum atomic E-state index is 12.6. The lowest BCUT2D eigenvalue weighted by Gasteiger charge is -2.21. The normalized spacial score (nSPS) is 12.8. The summed E-state index contributed by atoms with van der Waals surface area (Å²) >= 11 is 14.5. The van der Waals surface area contributed by atoms with Crippen molar-refractivity contribution in [2.45, 2.75) is 16.6 Å². The van der Waals surface area contributed by atoms with Crippen LogP contribution in [0, 0.1) is 0 Å². The average Bonchev–Trinajstić information content (AvgIpc) is 1.85. The molecule has 0 saturated heterocycles. The Labute approximate surface area is 82.7 Å². The first-order chi connectivity index (χ1) is 5.23. The van der Waals surface area contributed by atoms with E-state index in [2.05, 4.69) is 4.74 Å². The monoisotopic (exact) mass is 240 g/mol. The van der Waals surface area contributed by atoms with E-state index < -0.39 is 15.7 Å². The lowest BCUT2D eigenvalue weighted by atomic mass is 10.4. The number of alkyl halides is 5. The lowest BCUT2D eigenvalue weighted by Crippen LogP contribution is -2.43. The van der Waals surface area contributed by atoms with Crippen molar-refractivity contribution in [3.63, 3.8) is 0 Å². The van der Waals surface area contributed by atoms with Gasteiger partial charge in [0.1, 0.15) is 0 Å². The molecule has 0 N–H and O–H groups in total. The second-order valence-corrected chi connectivity index (χ2v) is 4.07. The van der Waals surface area contributed by atoms with Gasteiger partial charge in [0, 0.05) is 0 Å². The molecule has 0 amide bonds. The molecular weight excluding hydrogens is 236 g/mol. The van der Waals surface area contributed by atoms with Crippen LogP contribution >= 0.6 is 34.8 Å². The molecule has 7 heteroatoms. The zero-order chi connectivity index (χ0) is 9.99. The average molecular weight is 241 g/mol. The van der Waals surface area contributed by atoms with Crippen LogP contribution in [0.5, 0.6) is 0 Å². The molecule has 0 unspecified atom stereocenters. The molecule has 72 valence electrons. The van der Waals surface area contributed by atoms with Crippen LogP contribution < -0.4 is 0 Å². The Balaban J connectivity index is 4.50. The molecule has 0 aromatic carbocycles. The maximum Gasteiger partial charge on any atom is 0.388 e. The van der Waals surface area contributed by atoms with Crippen LogP contribution in [0.25, 0.3) is 0 Å². The molecule has 0 radical (unpaired) electrons. The van der Waals surface area contributed by atoms with Crippen molar-refractivity contribution >= 4 is 40.8 Å². The molecule has 0 aromatic heterocycles. The van der Waals surface area contributed by atoms with E-state index in [1.54, 1.807) is 0 Å². The summed E-state index contributed by atoms with van der Waals surface area (Å²) < 4.78 is 26.3. The van der Waals surface area contributed by atoms with E-state index in [0.717, 1.165) is 0 Å². The van der Waals surface area contributed by atoms with E-state index in [4.69, 9.17) is 34.8 Å². The summed E-state index contributed by atoms with van der Waals surface area (Å²) in [6.45, 7) is 1.17. The maximum absolute atomic E-state index is 12.6. The minimum atomic E-state index is -4.12. The molecule has 2 nitrogen and oxygen atoms in total. The highest BCUT2D eigenvalue weighted by Crippen LogP contribution is 2.42. The third kappa shape index (κ3) is 2.61. The first kappa shape index (κ1) is 12.2. The van der Waals surface area contributed by atoms with Gasteiger partial charge in [0.25, 0.3) is 3.79 Å². The van der Waals surface area contributed by atoms with E-state index in [0.29, 0.717) is 0 Å². The Bertz CT molecular complexity index is 178. The fourth-order valence-electron chi connectivity index (χ4n) is 0.337. The minimum Gasteiger partial charge on any atom is -0.461 e. The number of carbonyl (C=O) groups is 1. The second kappa shape index (κ2) is 3.94. The van der Waals surface area contributed by atoms with E-state index in [1.807, 2.05) is 0 Å². The van der Waals surface area contributed by atoms with Crippen LogP contribution in [0.15, 0.2) is 0 Å². The van der Waals surface area contributed by atoms with Gasteiger partial charge in [0.05, 0.1) is 6.61 Å². The van der Waals surface area contributed by atoms with Crippen molar-refractivity contribution in [2.75, 3.05) is 6.61 Å². The van der Waals surface area contributed by atoms with E-state index >= 15 is 0 Å². The molecule has 0 spiro atoms. The second-order valence-electron chi connectivity index (χ2n) is 1.79. The molecule has 12 heavy (non-hydrogen) atoms. The van der Waals surface area contributed by atoms with Gasteiger partial charge in [-0.25, -0.2) is 4.79 Å². The van der Waals surface area contributed by atoms with Crippen molar-refractivity contribution in [3.8, 4) is 0 Å². The van der Waals surface area contributed by atoms with Crippen molar-refractivity contribution < 1.29 is 18.3 Å². The molecule has 0 aliphatic heterocycles. The molecule has 0 aromatic rings. The predicted octanol–water partition coefficient (Wildman–Crippen LogP) is 2.56. The van der Waals surface area contributed by atoms with Gasteiger partial charge >= 0.3 is 11.9 Å². The van der Waals surface area contributed by atoms with Crippen LogP contribution in [-0.2, 0) is 9.53 Å². The Hall–Kier alpha value is 0.200. The Kier molecular flexibility index (Phi) is 4.00. The van der Waals surface area contributed by atoms with Gasteiger partial charge in [-0.3, -0.25) is 0 Å². The molecule has 0 rings (SSSR count). The van der Waals surface area contributed by atoms with Crippen molar-refractivity contribution in [2.24, 2.45) is 0 Å². The molecule has 0 bridgehead atoms. The highest BCUT2D eigenvalue weighted by Gasteiger charge is 2.58. The number of hydrogen-bond donors (Lipinski definition) is 0. The van der Waals surface area contributed by atoms with Gasteiger partial charge in [-0.2, -0.15) is 8.78 Å². The van der Waals surface area contributed by atoms with Crippen molar-refractivity contribution in [3.05, 3.63) is 0 Å². The van der Waals surface area contributed by atoms with Crippen LogP contribution in [0.3, 0.4) is 0 Å². The topological polar surface area (TPSA) is 26.3 Å². The van der Waals surface area contributed by atoms with Gasteiger partial charge in [0.15, 0.2) is 0 Å². The Morgan fingerprint density at radius 1 is 1.42 bits per heavy atom. The fourth-order valence-corrected chi connectivity index (χ4v) is 0.569. The van der Waals surface area contributed by atoms with Crippen LogP contribution in [-0.4, -0.2) is 22.3 Å². The summed E-state index contributed by atoms with van der Waals surface area (Å²) in [5.41, 5.74) is 0. The van der Waals surface area contributed by atoms with Crippen LogP contribution in [0.2, 0.25) is 0 Å². The minimum absolute atomic E-state index is 0.199. The summed E-state index contributed by atoms with van der Waals surface area (Å²) in [6, 6.07) is 0. The molecular formula is C5H5Cl3F2O2. The lowest BCUT2D eigenvalue weighted by molar-refractivity contribution is -0.170. The predicted molar refractivity (Wildman–Crippen MR) is 41.9 cm³/mol. The highest BCUT2D eigenvalue weighted by atomic mass is 35.6. The summed E-state index contributed by atoms with van der Waals surface area (Å²) in [7, 11) is 0. The Morgan fingerprint density at radius 2 is 1.83 bits per heavy atom. The fraction of sp³-hybridized carbons (Fsp3) is 0.800. The van der Waals surface area contributed by atoms with Gasteiger partial charge in [-0.15, -0.1) is 0 Å². The standard InChI is InChI=1S/C5H5Cl3F2O2/c1-2-12-3(11)4(9,10)5(6,7)8/h2H2,1H3. The zero-order valence-electron chi connectivity index (χ0n) is 5.91. The van der Waals surface area contributed by atoms with E-state index in [-0.39, 0.29) is 6.61 Å². The third-order valence-corrected chi connectivity index (χ3v) is 1.60. The molecule has 0 saturated carbocycles. The van der Waals surface area contributed by atoms with Crippen molar-refractivity contribution in [1.82, 2.24) is 0 Å². The number of ether oxygens (including phenoxy) is 1. The molecule has 0 fully saturated rings. The molecule has 0 atom stereocenters. The Morgan fingerprint density at radius 3 is 2.08 bits per heavy atom. The van der Waals surface area contributed by atoms with Crippen LogP contribution in [0.1, 0.15) is 6.92 Å². The van der Waals surface area contributed by atoms with Gasteiger partial charge in [-0.1, -0.05) is 34.8 Å². The van der Waals surface area contributed by atoms with Gasteiger partial charge < -0.3 is 4.74 Å². The number of halogens is 5. The summed E-state index contributed by atoms with van der Waals surface area (Å²) in [4.78, 5) is 10.5. The van der Waals surface area contributed by atoms with Crippen LogP contribution in [0.4, 0.5) is 8.78 Å². The van der Waals surface area contributed by atoms with Gasteiger partial charge in [-0.05, 0) is 6.92 Å². The zero-order valence-corrected chi connectivity index (χ0v) is 8.18. The molecule has 0 aliphatic carbocycles. The largest absolute Gasteiger partial charge is 0.461 e. The summed E-state index contributed by atoms with van der Waals surface area (Å²) in [5.74, 6) is -5.96. The third-order valence-electron chi connectivity index (χ3n) is 0.888. The molecule has 0 aliphatic rings. The highest BCUT2D eigenvalue weighted by molar-refractivity contribution is 6.69. The SMILES string of the molecule is CCOC(=O)C(F)(F)C(Cl)(Cl)Cl. The molecule has 0 heterocycles. The number of esters is 1. The number of rotatable bonds is 2. The summed E-state index contributed by atoms with van der Waals surface area (Å²) in [6.07, 6.45) is 0. The van der Waals surface area contributed by atoms with Crippen molar-refractivity contribution in [1.29, 1.82) is 0 Å².